The quantitative estimate of drug-likeness (QED) is 0.348. The Kier molecular flexibility index (Phi) is 6.11. The number of thiazole rings is 1. The third kappa shape index (κ3) is 4.17. The summed E-state index contributed by atoms with van der Waals surface area (Å²) in [6, 6.07) is 5.55. The Labute approximate surface area is 195 Å². The molecule has 0 saturated carbocycles. The number of halogens is 2. The number of nitrogens with zero attached hydrogens (tertiary/aromatic N) is 2. The van der Waals surface area contributed by atoms with E-state index >= 15 is 0 Å². The van der Waals surface area contributed by atoms with Crippen molar-refractivity contribution in [2.45, 2.75) is 6.04 Å². The average Bonchev–Trinajstić information content (AvgIpc) is 3.29. The van der Waals surface area contributed by atoms with Gasteiger partial charge in [0, 0.05) is 23.6 Å². The number of esters is 1. The van der Waals surface area contributed by atoms with Gasteiger partial charge in [0.25, 0.3) is 0 Å². The first kappa shape index (κ1) is 22.2. The number of hydrogen-bond acceptors (Lipinski definition) is 10. The van der Waals surface area contributed by atoms with Gasteiger partial charge in [-0.2, -0.15) is 0 Å². The Hall–Kier alpha value is -3.05. The van der Waals surface area contributed by atoms with E-state index in [1.807, 2.05) is 0 Å². The van der Waals surface area contributed by atoms with Gasteiger partial charge in [0.2, 0.25) is 5.78 Å². The highest BCUT2D eigenvalue weighted by molar-refractivity contribution is 7.18. The molecule has 32 heavy (non-hydrogen) atoms. The lowest BCUT2D eigenvalue weighted by molar-refractivity contribution is -0.139. The molecule has 9 nitrogen and oxygen atoms in total. The van der Waals surface area contributed by atoms with Gasteiger partial charge >= 0.3 is 5.97 Å². The number of carbonyl (C=O) groups is 3. The number of rotatable bonds is 6. The van der Waals surface area contributed by atoms with Crippen LogP contribution in [-0.4, -0.2) is 40.2 Å². The Bertz CT molecular complexity index is 1210. The van der Waals surface area contributed by atoms with E-state index in [1.54, 1.807) is 24.3 Å². The van der Waals surface area contributed by atoms with Crippen molar-refractivity contribution in [3.8, 4) is 0 Å². The van der Waals surface area contributed by atoms with Crippen LogP contribution in [0.5, 0.6) is 0 Å². The van der Waals surface area contributed by atoms with Crippen molar-refractivity contribution >= 4 is 68.7 Å². The first-order valence-electron chi connectivity index (χ1n) is 9.19. The molecule has 164 valence electrons. The van der Waals surface area contributed by atoms with Gasteiger partial charge in [0.05, 0.1) is 21.5 Å². The van der Waals surface area contributed by atoms with Gasteiger partial charge in [-0.3, -0.25) is 19.4 Å². The van der Waals surface area contributed by atoms with Gasteiger partial charge in [-0.1, -0.05) is 34.5 Å². The number of nitrogens with two attached hydrogens (primary N) is 2. The van der Waals surface area contributed by atoms with Crippen LogP contribution >= 0.6 is 34.5 Å². The number of Topliss-reactive ketones (excluding diaryl/α,β-unsaturated/α-hetero) is 1. The van der Waals surface area contributed by atoms with E-state index in [2.05, 4.69) is 15.3 Å². The SMILES string of the molecule is Nc1nc(Nc2ccc(C(=O)[C@H]3COC(=O)[C@@H]3N)cc2)sc1C(=O)c1c(Cl)cncc1Cl. The van der Waals surface area contributed by atoms with Crippen LogP contribution in [0.1, 0.15) is 25.6 Å². The normalized spacial score (nSPS) is 17.8. The summed E-state index contributed by atoms with van der Waals surface area (Å²) in [7, 11) is 0. The number of nitrogen functional groups attached to an aromatic ring is 1. The molecule has 1 fully saturated rings. The van der Waals surface area contributed by atoms with E-state index in [1.165, 1.54) is 12.4 Å². The summed E-state index contributed by atoms with van der Waals surface area (Å²) >= 11 is 13.2. The molecule has 2 aromatic heterocycles. The van der Waals surface area contributed by atoms with E-state index in [-0.39, 0.29) is 38.7 Å². The summed E-state index contributed by atoms with van der Waals surface area (Å²) in [6.07, 6.45) is 2.64. The fraction of sp³-hybridized carbons (Fsp3) is 0.150. The van der Waals surface area contributed by atoms with Gasteiger partial charge in [-0.15, -0.1) is 0 Å². The number of anilines is 3. The summed E-state index contributed by atoms with van der Waals surface area (Å²) in [5.41, 5.74) is 12.8. The van der Waals surface area contributed by atoms with Crippen molar-refractivity contribution in [2.24, 2.45) is 11.7 Å². The predicted octanol–water partition coefficient (Wildman–Crippen LogP) is 3.08. The van der Waals surface area contributed by atoms with E-state index in [0.29, 0.717) is 16.4 Å². The number of pyridine rings is 1. The zero-order chi connectivity index (χ0) is 23.0. The van der Waals surface area contributed by atoms with E-state index in [9.17, 15) is 14.4 Å². The van der Waals surface area contributed by atoms with Crippen LogP contribution < -0.4 is 16.8 Å². The summed E-state index contributed by atoms with van der Waals surface area (Å²) < 4.78 is 4.84. The second kappa shape index (κ2) is 8.83. The van der Waals surface area contributed by atoms with Crippen molar-refractivity contribution < 1.29 is 19.1 Å². The van der Waals surface area contributed by atoms with Crippen molar-refractivity contribution in [1.29, 1.82) is 0 Å². The van der Waals surface area contributed by atoms with Gasteiger partial charge in [0.1, 0.15) is 23.3 Å². The Morgan fingerprint density at radius 1 is 1.16 bits per heavy atom. The molecule has 1 saturated heterocycles. The van der Waals surface area contributed by atoms with Crippen LogP contribution in [0, 0.1) is 5.92 Å². The Morgan fingerprint density at radius 2 is 1.81 bits per heavy atom. The van der Waals surface area contributed by atoms with Crippen molar-refractivity contribution in [1.82, 2.24) is 9.97 Å². The summed E-state index contributed by atoms with van der Waals surface area (Å²) in [5.74, 6) is -2.00. The lowest BCUT2D eigenvalue weighted by Crippen LogP contribution is -2.36. The van der Waals surface area contributed by atoms with Crippen LogP contribution in [0.3, 0.4) is 0 Å². The van der Waals surface area contributed by atoms with Crippen molar-refractivity contribution in [3.05, 3.63) is 62.7 Å². The Balaban J connectivity index is 1.50. The molecule has 0 spiro atoms. The molecule has 0 amide bonds. The van der Waals surface area contributed by atoms with Crippen LogP contribution in [-0.2, 0) is 9.53 Å². The monoisotopic (exact) mass is 491 g/mol. The smallest absolute Gasteiger partial charge is 0.323 e. The van der Waals surface area contributed by atoms with Crippen LogP contribution in [0.2, 0.25) is 10.0 Å². The minimum atomic E-state index is -0.961. The predicted molar refractivity (Wildman–Crippen MR) is 121 cm³/mol. The first-order valence-corrected chi connectivity index (χ1v) is 10.8. The van der Waals surface area contributed by atoms with Crippen molar-refractivity contribution in [3.63, 3.8) is 0 Å². The number of hydrogen-bond donors (Lipinski definition) is 3. The average molecular weight is 492 g/mol. The number of nitrogens with one attached hydrogen (secondary N) is 1. The molecular formula is C20H15Cl2N5O4S. The molecule has 1 aromatic carbocycles. The molecule has 0 unspecified atom stereocenters. The number of carbonyl (C=O) groups excluding carboxylic acids is 3. The fourth-order valence-corrected chi connectivity index (χ4v) is 4.51. The maximum atomic E-state index is 12.9. The molecule has 4 rings (SSSR count). The van der Waals surface area contributed by atoms with Gasteiger partial charge < -0.3 is 21.5 Å². The summed E-state index contributed by atoms with van der Waals surface area (Å²) in [4.78, 5) is 45.0. The first-order chi connectivity index (χ1) is 15.3. The zero-order valence-electron chi connectivity index (χ0n) is 16.2. The molecule has 0 bridgehead atoms. The van der Waals surface area contributed by atoms with Crippen LogP contribution in [0.25, 0.3) is 0 Å². The van der Waals surface area contributed by atoms with Crippen molar-refractivity contribution in [2.75, 3.05) is 17.7 Å². The largest absolute Gasteiger partial charge is 0.464 e. The number of ketones is 2. The second-order valence-electron chi connectivity index (χ2n) is 6.87. The highest BCUT2D eigenvalue weighted by Gasteiger charge is 2.39. The van der Waals surface area contributed by atoms with Gasteiger partial charge in [-0.05, 0) is 24.3 Å². The number of aromatic nitrogens is 2. The second-order valence-corrected chi connectivity index (χ2v) is 8.68. The van der Waals surface area contributed by atoms with Crippen LogP contribution in [0.15, 0.2) is 36.7 Å². The third-order valence-electron chi connectivity index (χ3n) is 4.81. The van der Waals surface area contributed by atoms with E-state index < -0.39 is 23.7 Å². The van der Waals surface area contributed by atoms with Crippen LogP contribution in [0.4, 0.5) is 16.6 Å². The lowest BCUT2D eigenvalue weighted by atomic mass is 9.93. The standard InChI is InChI=1S/C20H15Cl2N5O4S/c21-11-5-25-6-12(22)13(11)16(29)17-18(24)27-20(32-17)26-9-3-1-8(2-4-9)15(28)10-7-31-19(30)14(10)23/h1-6,10,14H,7,23-24H2,(H,26,27)/t10-,14+/m0/s1. The topological polar surface area (TPSA) is 150 Å². The Morgan fingerprint density at radius 3 is 2.41 bits per heavy atom. The number of ether oxygens (including phenoxy) is 1. The lowest BCUT2D eigenvalue weighted by Gasteiger charge is -2.10. The highest BCUT2D eigenvalue weighted by Crippen LogP contribution is 2.33. The molecule has 0 radical (unpaired) electrons. The molecule has 2 atom stereocenters. The summed E-state index contributed by atoms with van der Waals surface area (Å²) in [6.45, 7) is -0.0282. The fourth-order valence-electron chi connectivity index (χ4n) is 3.12. The minimum Gasteiger partial charge on any atom is -0.464 e. The molecule has 12 heteroatoms. The van der Waals surface area contributed by atoms with Gasteiger partial charge in [0.15, 0.2) is 10.9 Å². The zero-order valence-corrected chi connectivity index (χ0v) is 18.5. The molecule has 5 N–H and O–H groups in total. The molecule has 0 aliphatic carbocycles. The number of cyclic esters (lactones) is 1. The van der Waals surface area contributed by atoms with E-state index in [4.69, 9.17) is 39.4 Å². The molecule has 1 aliphatic rings. The maximum Gasteiger partial charge on any atom is 0.323 e. The number of benzene rings is 1. The maximum absolute atomic E-state index is 12.9. The molecule has 1 aliphatic heterocycles. The third-order valence-corrected chi connectivity index (χ3v) is 6.37. The summed E-state index contributed by atoms with van der Waals surface area (Å²) in [5, 5.41) is 3.62. The molecular weight excluding hydrogens is 477 g/mol. The van der Waals surface area contributed by atoms with E-state index in [0.717, 1.165) is 11.3 Å². The minimum absolute atomic E-state index is 0.0260. The highest BCUT2D eigenvalue weighted by atomic mass is 35.5. The molecule has 3 aromatic rings. The molecule has 3 heterocycles. The van der Waals surface area contributed by atoms with Gasteiger partial charge in [-0.25, -0.2) is 4.98 Å².